The Balaban J connectivity index is 2.20. The molecule has 0 bridgehead atoms. The lowest BCUT2D eigenvalue weighted by molar-refractivity contribution is -0.117. The van der Waals surface area contributed by atoms with E-state index < -0.39 is 10.0 Å². The fourth-order valence-electron chi connectivity index (χ4n) is 2.02. The van der Waals surface area contributed by atoms with E-state index in [0.29, 0.717) is 5.82 Å². The van der Waals surface area contributed by atoms with Gasteiger partial charge in [0.2, 0.25) is 27.8 Å². The molecule has 1 aromatic rings. The number of rotatable bonds is 3. The van der Waals surface area contributed by atoms with Gasteiger partial charge >= 0.3 is 0 Å². The molecule has 1 unspecified atom stereocenters. The Morgan fingerprint density at radius 2 is 2.05 bits per heavy atom. The van der Waals surface area contributed by atoms with Crippen molar-refractivity contribution in [3.05, 3.63) is 5.82 Å². The van der Waals surface area contributed by atoms with Crippen LogP contribution in [0.4, 0.5) is 11.9 Å². The summed E-state index contributed by atoms with van der Waals surface area (Å²) in [7, 11) is -3.61. The van der Waals surface area contributed by atoms with Gasteiger partial charge in [0, 0.05) is 18.9 Å². The highest BCUT2D eigenvalue weighted by Crippen LogP contribution is 2.23. The quantitative estimate of drug-likeness (QED) is 0.680. The summed E-state index contributed by atoms with van der Waals surface area (Å²) in [5, 5.41) is 4.97. The van der Waals surface area contributed by atoms with Gasteiger partial charge in [-0.3, -0.25) is 9.69 Å². The van der Waals surface area contributed by atoms with Gasteiger partial charge in [-0.1, -0.05) is 0 Å². The van der Waals surface area contributed by atoms with Gasteiger partial charge < -0.3 is 5.73 Å². The standard InChI is InChI=1S/C9H14N6O3S/c1-5-12-8(10)14-9(13-5)15-3-6(2-7(15)16)4-19(11,17)18/h6H,2-4H2,1H3,(H2,11,17,18)(H2,10,12,13,14). The third kappa shape index (κ3) is 3.35. The van der Waals surface area contributed by atoms with Crippen LogP contribution in [0.2, 0.25) is 0 Å². The maximum Gasteiger partial charge on any atom is 0.237 e. The summed E-state index contributed by atoms with van der Waals surface area (Å²) in [6, 6.07) is 0. The number of amides is 1. The molecule has 9 nitrogen and oxygen atoms in total. The lowest BCUT2D eigenvalue weighted by Gasteiger charge is -2.14. The highest BCUT2D eigenvalue weighted by atomic mass is 32.2. The summed E-state index contributed by atoms with van der Waals surface area (Å²) in [5.74, 6) is -0.295. The lowest BCUT2D eigenvalue weighted by Crippen LogP contribution is -2.29. The molecule has 1 aromatic heterocycles. The maximum absolute atomic E-state index is 11.8. The minimum Gasteiger partial charge on any atom is -0.368 e. The van der Waals surface area contributed by atoms with E-state index in [0.717, 1.165) is 0 Å². The summed E-state index contributed by atoms with van der Waals surface area (Å²) in [4.78, 5) is 24.9. The second kappa shape index (κ2) is 4.70. The molecule has 1 aliphatic heterocycles. The molecule has 1 fully saturated rings. The minimum absolute atomic E-state index is 0.0187. The number of carbonyl (C=O) groups is 1. The van der Waals surface area contributed by atoms with Gasteiger partial charge in [-0.05, 0) is 6.92 Å². The Hall–Kier alpha value is -1.81. The van der Waals surface area contributed by atoms with Crippen LogP contribution in [0.5, 0.6) is 0 Å². The van der Waals surface area contributed by atoms with Gasteiger partial charge in [-0.15, -0.1) is 0 Å². The van der Waals surface area contributed by atoms with Crippen LogP contribution in [0, 0.1) is 12.8 Å². The van der Waals surface area contributed by atoms with Crippen molar-refractivity contribution in [2.75, 3.05) is 22.9 Å². The number of nitrogens with zero attached hydrogens (tertiary/aromatic N) is 4. The topological polar surface area (TPSA) is 145 Å². The van der Waals surface area contributed by atoms with Crippen LogP contribution in [0.1, 0.15) is 12.2 Å². The van der Waals surface area contributed by atoms with E-state index in [-0.39, 0.29) is 42.4 Å². The van der Waals surface area contributed by atoms with E-state index in [4.69, 9.17) is 10.9 Å². The van der Waals surface area contributed by atoms with Gasteiger partial charge in [-0.25, -0.2) is 13.6 Å². The molecule has 2 rings (SSSR count). The molecule has 1 saturated heterocycles. The molecule has 104 valence electrons. The van der Waals surface area contributed by atoms with Gasteiger partial charge in [-0.2, -0.15) is 15.0 Å². The first kappa shape index (κ1) is 13.6. The van der Waals surface area contributed by atoms with Crippen LogP contribution in [0.15, 0.2) is 0 Å². The number of carbonyl (C=O) groups excluding carboxylic acids is 1. The highest BCUT2D eigenvalue weighted by Gasteiger charge is 2.34. The molecule has 0 aliphatic carbocycles. The van der Waals surface area contributed by atoms with Crippen molar-refractivity contribution in [1.82, 2.24) is 15.0 Å². The third-order valence-corrected chi connectivity index (χ3v) is 3.60. The average Bonchev–Trinajstić information content (AvgIpc) is 2.54. The van der Waals surface area contributed by atoms with Gasteiger partial charge in [0.15, 0.2) is 0 Å². The number of aromatic nitrogens is 3. The zero-order valence-corrected chi connectivity index (χ0v) is 11.1. The Labute approximate surface area is 110 Å². The second-order valence-corrected chi connectivity index (χ2v) is 6.10. The number of nitrogen functional groups attached to an aromatic ring is 1. The minimum atomic E-state index is -3.61. The zero-order valence-electron chi connectivity index (χ0n) is 10.3. The van der Waals surface area contributed by atoms with E-state index >= 15 is 0 Å². The fraction of sp³-hybridized carbons (Fsp3) is 0.556. The van der Waals surface area contributed by atoms with Crippen molar-refractivity contribution < 1.29 is 13.2 Å². The van der Waals surface area contributed by atoms with Gasteiger partial charge in [0.25, 0.3) is 0 Å². The molecule has 0 saturated carbocycles. The molecular formula is C9H14N6O3S. The fourth-order valence-corrected chi connectivity index (χ4v) is 2.90. The number of sulfonamides is 1. The normalized spacial score (nSPS) is 20.0. The molecule has 19 heavy (non-hydrogen) atoms. The first-order valence-corrected chi connectivity index (χ1v) is 7.25. The molecule has 1 atom stereocenters. The number of anilines is 2. The Morgan fingerprint density at radius 3 is 2.63 bits per heavy atom. The Bertz CT molecular complexity index is 596. The number of hydrogen-bond acceptors (Lipinski definition) is 7. The molecule has 2 heterocycles. The molecular weight excluding hydrogens is 272 g/mol. The number of nitrogens with two attached hydrogens (primary N) is 2. The average molecular weight is 286 g/mol. The van der Waals surface area contributed by atoms with Crippen LogP contribution in [0.3, 0.4) is 0 Å². The van der Waals surface area contributed by atoms with Crippen LogP contribution >= 0.6 is 0 Å². The monoisotopic (exact) mass is 286 g/mol. The Morgan fingerprint density at radius 1 is 1.37 bits per heavy atom. The Kier molecular flexibility index (Phi) is 3.37. The van der Waals surface area contributed by atoms with Gasteiger partial charge in [0.05, 0.1) is 5.75 Å². The summed E-state index contributed by atoms with van der Waals surface area (Å²) in [6.45, 7) is 1.84. The second-order valence-electron chi connectivity index (χ2n) is 4.44. The first-order valence-electron chi connectivity index (χ1n) is 5.53. The highest BCUT2D eigenvalue weighted by molar-refractivity contribution is 7.89. The molecule has 4 N–H and O–H groups in total. The van der Waals surface area contributed by atoms with Crippen LogP contribution < -0.4 is 15.8 Å². The maximum atomic E-state index is 11.8. The van der Waals surface area contributed by atoms with Crippen LogP contribution in [-0.2, 0) is 14.8 Å². The van der Waals surface area contributed by atoms with Crippen molar-refractivity contribution in [3.63, 3.8) is 0 Å². The van der Waals surface area contributed by atoms with Crippen molar-refractivity contribution >= 4 is 27.8 Å². The predicted molar refractivity (Wildman–Crippen MR) is 67.4 cm³/mol. The number of aryl methyl sites for hydroxylation is 1. The van der Waals surface area contributed by atoms with E-state index in [9.17, 15) is 13.2 Å². The number of hydrogen-bond donors (Lipinski definition) is 2. The van der Waals surface area contributed by atoms with Crippen LogP contribution in [0.25, 0.3) is 0 Å². The van der Waals surface area contributed by atoms with E-state index in [1.54, 1.807) is 6.92 Å². The largest absolute Gasteiger partial charge is 0.368 e. The summed E-state index contributed by atoms with van der Waals surface area (Å²) < 4.78 is 22.1. The van der Waals surface area contributed by atoms with Crippen molar-refractivity contribution in [2.45, 2.75) is 13.3 Å². The van der Waals surface area contributed by atoms with Gasteiger partial charge in [0.1, 0.15) is 5.82 Å². The van der Waals surface area contributed by atoms with E-state index in [1.807, 2.05) is 0 Å². The van der Waals surface area contributed by atoms with Crippen molar-refractivity contribution in [3.8, 4) is 0 Å². The zero-order chi connectivity index (χ0) is 14.2. The van der Waals surface area contributed by atoms with Crippen molar-refractivity contribution in [1.29, 1.82) is 0 Å². The predicted octanol–water partition coefficient (Wildman–Crippen LogP) is -1.60. The SMILES string of the molecule is Cc1nc(N)nc(N2CC(CS(N)(=O)=O)CC2=O)n1. The summed E-state index contributed by atoms with van der Waals surface area (Å²) >= 11 is 0. The molecule has 10 heteroatoms. The van der Waals surface area contributed by atoms with E-state index in [2.05, 4.69) is 15.0 Å². The first-order chi connectivity index (χ1) is 8.74. The molecule has 1 aliphatic rings. The van der Waals surface area contributed by atoms with Crippen molar-refractivity contribution in [2.24, 2.45) is 11.1 Å². The summed E-state index contributed by atoms with van der Waals surface area (Å²) in [5.41, 5.74) is 5.49. The summed E-state index contributed by atoms with van der Waals surface area (Å²) in [6.07, 6.45) is 0.0983. The lowest BCUT2D eigenvalue weighted by atomic mass is 10.1. The molecule has 0 spiro atoms. The molecule has 0 radical (unpaired) electrons. The smallest absolute Gasteiger partial charge is 0.237 e. The number of primary sulfonamides is 1. The van der Waals surface area contributed by atoms with E-state index in [1.165, 1.54) is 4.90 Å². The third-order valence-electron chi connectivity index (χ3n) is 2.67. The molecule has 0 aromatic carbocycles. The van der Waals surface area contributed by atoms with Crippen LogP contribution in [-0.4, -0.2) is 41.6 Å². The molecule has 1 amide bonds.